The Morgan fingerprint density at radius 2 is 2.05 bits per heavy atom. The number of rotatable bonds is 3. The number of piperidine rings is 1. The zero-order valence-electron chi connectivity index (χ0n) is 12.0. The van der Waals surface area contributed by atoms with E-state index in [-0.39, 0.29) is 5.91 Å². The molecule has 1 aliphatic heterocycles. The maximum Gasteiger partial charge on any atom is 0.224 e. The highest BCUT2D eigenvalue weighted by atomic mass is 16.2. The van der Waals surface area contributed by atoms with Crippen molar-refractivity contribution < 1.29 is 4.79 Å². The van der Waals surface area contributed by atoms with Crippen LogP contribution in [0.1, 0.15) is 31.2 Å². The number of aromatic nitrogens is 2. The fourth-order valence-electron chi connectivity index (χ4n) is 3.00. The second-order valence-corrected chi connectivity index (χ2v) is 5.57. The molecule has 20 heavy (non-hydrogen) atoms. The first-order chi connectivity index (χ1) is 9.75. The molecule has 1 aromatic carbocycles. The van der Waals surface area contributed by atoms with E-state index in [0.29, 0.717) is 13.0 Å². The summed E-state index contributed by atoms with van der Waals surface area (Å²) in [6, 6.07) is 6.20. The van der Waals surface area contributed by atoms with Crippen LogP contribution in [0.5, 0.6) is 0 Å². The van der Waals surface area contributed by atoms with E-state index in [0.717, 1.165) is 36.8 Å². The van der Waals surface area contributed by atoms with Gasteiger partial charge in [-0.05, 0) is 31.7 Å². The van der Waals surface area contributed by atoms with Gasteiger partial charge in [-0.1, -0.05) is 18.2 Å². The summed E-state index contributed by atoms with van der Waals surface area (Å²) in [6.07, 6.45) is 5.98. The lowest BCUT2D eigenvalue weighted by molar-refractivity contribution is -0.132. The molecule has 0 N–H and O–H groups in total. The van der Waals surface area contributed by atoms with Crippen LogP contribution >= 0.6 is 0 Å². The Morgan fingerprint density at radius 1 is 1.25 bits per heavy atom. The summed E-state index contributed by atoms with van der Waals surface area (Å²) < 4.78 is 1.96. The van der Waals surface area contributed by atoms with Gasteiger partial charge < -0.3 is 4.90 Å². The van der Waals surface area contributed by atoms with Crippen molar-refractivity contribution in [3.8, 4) is 0 Å². The van der Waals surface area contributed by atoms with Crippen molar-refractivity contribution >= 4 is 16.8 Å². The Bertz CT molecular complexity index is 611. The predicted molar refractivity (Wildman–Crippen MR) is 79.5 cm³/mol. The summed E-state index contributed by atoms with van der Waals surface area (Å²) in [5.41, 5.74) is 2.37. The number of benzene rings is 1. The molecule has 1 saturated heterocycles. The van der Waals surface area contributed by atoms with Crippen LogP contribution in [0.25, 0.3) is 10.9 Å². The van der Waals surface area contributed by atoms with E-state index < -0.39 is 0 Å². The van der Waals surface area contributed by atoms with Crippen LogP contribution in [0.15, 0.2) is 24.4 Å². The minimum atomic E-state index is 0.266. The maximum atomic E-state index is 12.2. The summed E-state index contributed by atoms with van der Waals surface area (Å²) in [5.74, 6) is 0.266. The maximum absolute atomic E-state index is 12.2. The average molecular weight is 271 g/mol. The summed E-state index contributed by atoms with van der Waals surface area (Å²) in [7, 11) is 0. The molecule has 0 aliphatic carbocycles. The second-order valence-electron chi connectivity index (χ2n) is 5.57. The molecule has 3 rings (SSSR count). The molecule has 1 aliphatic rings. The minimum absolute atomic E-state index is 0.266. The largest absolute Gasteiger partial charge is 0.343 e. The Hall–Kier alpha value is -1.84. The van der Waals surface area contributed by atoms with Gasteiger partial charge in [-0.2, -0.15) is 5.10 Å². The van der Waals surface area contributed by atoms with Crippen molar-refractivity contribution in [2.75, 3.05) is 13.1 Å². The van der Waals surface area contributed by atoms with Gasteiger partial charge in [-0.25, -0.2) is 0 Å². The van der Waals surface area contributed by atoms with Crippen molar-refractivity contribution in [3.05, 3.63) is 30.0 Å². The lowest BCUT2D eigenvalue weighted by Gasteiger charge is -2.26. The van der Waals surface area contributed by atoms with Gasteiger partial charge in [0.05, 0.1) is 18.3 Å². The van der Waals surface area contributed by atoms with Crippen LogP contribution in [-0.2, 0) is 11.3 Å². The van der Waals surface area contributed by atoms with Crippen LogP contribution in [0.3, 0.4) is 0 Å². The Balaban J connectivity index is 1.69. The number of nitrogens with zero attached hydrogens (tertiary/aromatic N) is 3. The normalized spacial score (nSPS) is 15.8. The monoisotopic (exact) mass is 271 g/mol. The number of aryl methyl sites for hydroxylation is 2. The Labute approximate surface area is 119 Å². The van der Waals surface area contributed by atoms with Gasteiger partial charge in [0.1, 0.15) is 0 Å². The molecule has 4 heteroatoms. The summed E-state index contributed by atoms with van der Waals surface area (Å²) in [6.45, 7) is 4.62. The molecule has 2 aromatic rings. The standard InChI is InChI=1S/C16H21N3O/c1-13-6-5-7-14-12-17-19(16(13)14)11-8-15(20)18-9-3-2-4-10-18/h5-7,12H,2-4,8-11H2,1H3. The van der Waals surface area contributed by atoms with Crippen LogP contribution < -0.4 is 0 Å². The van der Waals surface area contributed by atoms with Gasteiger partial charge in [0.2, 0.25) is 5.91 Å². The van der Waals surface area contributed by atoms with Crippen LogP contribution in [0.2, 0.25) is 0 Å². The lowest BCUT2D eigenvalue weighted by Crippen LogP contribution is -2.36. The van der Waals surface area contributed by atoms with Crippen LogP contribution in [0, 0.1) is 6.92 Å². The molecule has 0 radical (unpaired) electrons. The highest BCUT2D eigenvalue weighted by molar-refractivity contribution is 5.82. The summed E-state index contributed by atoms with van der Waals surface area (Å²) in [4.78, 5) is 14.2. The van der Waals surface area contributed by atoms with Gasteiger partial charge >= 0.3 is 0 Å². The molecule has 2 heterocycles. The molecule has 0 saturated carbocycles. The molecule has 0 spiro atoms. The van der Waals surface area contributed by atoms with Crippen molar-refractivity contribution in [1.29, 1.82) is 0 Å². The smallest absolute Gasteiger partial charge is 0.224 e. The fourth-order valence-corrected chi connectivity index (χ4v) is 3.00. The number of para-hydroxylation sites is 1. The van der Waals surface area contributed by atoms with Gasteiger partial charge in [0, 0.05) is 24.9 Å². The molecule has 1 aromatic heterocycles. The third kappa shape index (κ3) is 2.55. The summed E-state index contributed by atoms with van der Waals surface area (Å²) in [5, 5.41) is 5.57. The SMILES string of the molecule is Cc1cccc2cnn(CCC(=O)N3CCCCC3)c12. The van der Waals surface area contributed by atoms with E-state index in [4.69, 9.17) is 0 Å². The second kappa shape index (κ2) is 5.65. The molecule has 0 bridgehead atoms. The highest BCUT2D eigenvalue weighted by Crippen LogP contribution is 2.18. The number of amides is 1. The molecule has 1 fully saturated rings. The van der Waals surface area contributed by atoms with Gasteiger partial charge in [0.25, 0.3) is 0 Å². The highest BCUT2D eigenvalue weighted by Gasteiger charge is 2.16. The number of carbonyl (C=O) groups excluding carboxylic acids is 1. The van der Waals surface area contributed by atoms with E-state index in [1.54, 1.807) is 0 Å². The van der Waals surface area contributed by atoms with E-state index in [1.807, 2.05) is 21.8 Å². The molecule has 0 atom stereocenters. The Kier molecular flexibility index (Phi) is 3.72. The number of hydrogen-bond acceptors (Lipinski definition) is 2. The third-order valence-corrected chi connectivity index (χ3v) is 4.11. The average Bonchev–Trinajstić information content (AvgIpc) is 2.90. The number of fused-ring (bicyclic) bond motifs is 1. The van der Waals surface area contributed by atoms with Gasteiger partial charge in [-0.15, -0.1) is 0 Å². The van der Waals surface area contributed by atoms with Crippen molar-refractivity contribution in [1.82, 2.24) is 14.7 Å². The Morgan fingerprint density at radius 3 is 2.85 bits per heavy atom. The quantitative estimate of drug-likeness (QED) is 0.861. The van der Waals surface area contributed by atoms with E-state index in [1.165, 1.54) is 12.0 Å². The first-order valence-electron chi connectivity index (χ1n) is 7.44. The zero-order chi connectivity index (χ0) is 13.9. The van der Waals surface area contributed by atoms with Gasteiger partial charge in [-0.3, -0.25) is 9.48 Å². The summed E-state index contributed by atoms with van der Waals surface area (Å²) >= 11 is 0. The van der Waals surface area contributed by atoms with Crippen LogP contribution in [-0.4, -0.2) is 33.7 Å². The molecular weight excluding hydrogens is 250 g/mol. The topological polar surface area (TPSA) is 38.1 Å². The lowest BCUT2D eigenvalue weighted by atomic mass is 10.1. The van der Waals surface area contributed by atoms with E-state index >= 15 is 0 Å². The first-order valence-corrected chi connectivity index (χ1v) is 7.44. The fraction of sp³-hybridized carbons (Fsp3) is 0.500. The number of likely N-dealkylation sites (tertiary alicyclic amines) is 1. The minimum Gasteiger partial charge on any atom is -0.343 e. The van der Waals surface area contributed by atoms with Gasteiger partial charge in [0.15, 0.2) is 0 Å². The third-order valence-electron chi connectivity index (χ3n) is 4.11. The number of carbonyl (C=O) groups is 1. The first kappa shape index (κ1) is 13.2. The van der Waals surface area contributed by atoms with Crippen molar-refractivity contribution in [2.24, 2.45) is 0 Å². The molecule has 106 valence electrons. The van der Waals surface area contributed by atoms with Crippen molar-refractivity contribution in [3.63, 3.8) is 0 Å². The van der Waals surface area contributed by atoms with Crippen LogP contribution in [0.4, 0.5) is 0 Å². The molecular formula is C16H21N3O. The molecule has 4 nitrogen and oxygen atoms in total. The predicted octanol–water partition coefficient (Wildman–Crippen LogP) is 2.75. The van der Waals surface area contributed by atoms with E-state index in [9.17, 15) is 4.79 Å². The molecule has 1 amide bonds. The van der Waals surface area contributed by atoms with Crippen molar-refractivity contribution in [2.45, 2.75) is 39.2 Å². The van der Waals surface area contributed by atoms with E-state index in [2.05, 4.69) is 24.2 Å². The molecule has 0 unspecified atom stereocenters. The zero-order valence-corrected chi connectivity index (χ0v) is 12.0. The number of hydrogen-bond donors (Lipinski definition) is 0.